The number of carbonyl (C=O) groups excluding carboxylic acids is 1. The van der Waals surface area contributed by atoms with E-state index in [1.54, 1.807) is 12.1 Å². The van der Waals surface area contributed by atoms with Crippen molar-refractivity contribution in [2.45, 2.75) is 26.2 Å². The summed E-state index contributed by atoms with van der Waals surface area (Å²) in [5, 5.41) is 10.9. The summed E-state index contributed by atoms with van der Waals surface area (Å²) in [5.74, 6) is -1.12. The van der Waals surface area contributed by atoms with E-state index in [-0.39, 0.29) is 11.0 Å². The Balaban J connectivity index is 3.38. The first-order chi connectivity index (χ1) is 6.32. The number of carbonyl (C=O) groups is 1. The molecule has 0 heterocycles. The van der Waals surface area contributed by atoms with Gasteiger partial charge in [-0.05, 0) is 23.1 Å². The van der Waals surface area contributed by atoms with Gasteiger partial charge in [-0.25, -0.2) is 0 Å². The summed E-state index contributed by atoms with van der Waals surface area (Å²) in [6, 6.07) is 5.10. The number of halogens is 1. The van der Waals surface area contributed by atoms with Gasteiger partial charge in [0.15, 0.2) is 0 Å². The van der Waals surface area contributed by atoms with Crippen molar-refractivity contribution in [1.82, 2.24) is 0 Å². The Morgan fingerprint density at radius 2 is 1.93 bits per heavy atom. The zero-order valence-electron chi connectivity index (χ0n) is 8.43. The van der Waals surface area contributed by atoms with Crippen molar-refractivity contribution in [3.8, 4) is 0 Å². The maximum atomic E-state index is 10.9. The molecular weight excluding hydrogens is 244 g/mol. The summed E-state index contributed by atoms with van der Waals surface area (Å²) >= 11 is 3.32. The molecule has 0 spiro atoms. The summed E-state index contributed by atoms with van der Waals surface area (Å²) in [6.07, 6.45) is 0. The van der Waals surface area contributed by atoms with Gasteiger partial charge in [-0.2, -0.15) is 0 Å². The van der Waals surface area contributed by atoms with Crippen LogP contribution in [0.5, 0.6) is 0 Å². The highest BCUT2D eigenvalue weighted by molar-refractivity contribution is 9.10. The molecule has 1 rings (SSSR count). The molecular formula is C11H12BrO2-. The van der Waals surface area contributed by atoms with Crippen molar-refractivity contribution >= 4 is 21.9 Å². The van der Waals surface area contributed by atoms with Crippen LogP contribution in [0.3, 0.4) is 0 Å². The first kappa shape index (κ1) is 11.2. The van der Waals surface area contributed by atoms with Gasteiger partial charge in [0, 0.05) is 10.0 Å². The highest BCUT2D eigenvalue weighted by atomic mass is 79.9. The number of benzene rings is 1. The van der Waals surface area contributed by atoms with Gasteiger partial charge < -0.3 is 9.90 Å². The molecule has 0 N–H and O–H groups in total. The normalized spacial score (nSPS) is 11.4. The fourth-order valence-electron chi connectivity index (χ4n) is 1.31. The minimum Gasteiger partial charge on any atom is -0.545 e. The van der Waals surface area contributed by atoms with E-state index in [1.807, 2.05) is 26.8 Å². The molecule has 14 heavy (non-hydrogen) atoms. The predicted octanol–water partition coefficient (Wildman–Crippen LogP) is 2.11. The fraction of sp³-hybridized carbons (Fsp3) is 0.364. The minimum atomic E-state index is -1.12. The van der Waals surface area contributed by atoms with Crippen LogP contribution in [0.1, 0.15) is 36.7 Å². The number of hydrogen-bond donors (Lipinski definition) is 0. The lowest BCUT2D eigenvalue weighted by molar-refractivity contribution is -0.255. The highest BCUT2D eigenvalue weighted by Crippen LogP contribution is 2.28. The smallest absolute Gasteiger partial charge is 0.0718 e. The lowest BCUT2D eigenvalue weighted by atomic mass is 9.84. The molecule has 0 radical (unpaired) electrons. The van der Waals surface area contributed by atoms with Crippen LogP contribution in [0.2, 0.25) is 0 Å². The lowest BCUT2D eigenvalue weighted by Crippen LogP contribution is -2.27. The predicted molar refractivity (Wildman–Crippen MR) is 57.2 cm³/mol. The average molecular weight is 256 g/mol. The maximum Gasteiger partial charge on any atom is 0.0718 e. The van der Waals surface area contributed by atoms with E-state index < -0.39 is 5.97 Å². The molecule has 0 unspecified atom stereocenters. The molecule has 1 aromatic carbocycles. The van der Waals surface area contributed by atoms with Gasteiger partial charge in [0.25, 0.3) is 0 Å². The third kappa shape index (κ3) is 2.35. The largest absolute Gasteiger partial charge is 0.545 e. The number of aromatic carboxylic acids is 1. The van der Waals surface area contributed by atoms with Crippen molar-refractivity contribution in [2.75, 3.05) is 0 Å². The van der Waals surface area contributed by atoms with Crippen LogP contribution in [0.15, 0.2) is 22.7 Å². The summed E-state index contributed by atoms with van der Waals surface area (Å²) < 4.78 is 0.882. The average Bonchev–Trinajstić information content (AvgIpc) is 2.01. The van der Waals surface area contributed by atoms with E-state index in [4.69, 9.17) is 0 Å². The van der Waals surface area contributed by atoms with Crippen molar-refractivity contribution < 1.29 is 9.90 Å². The van der Waals surface area contributed by atoms with Crippen LogP contribution in [-0.2, 0) is 5.41 Å². The number of hydrogen-bond acceptors (Lipinski definition) is 2. The maximum absolute atomic E-state index is 10.9. The van der Waals surface area contributed by atoms with Gasteiger partial charge >= 0.3 is 0 Å². The Morgan fingerprint density at radius 3 is 2.36 bits per heavy atom. The Kier molecular flexibility index (Phi) is 3.00. The molecule has 0 aliphatic rings. The van der Waals surface area contributed by atoms with Gasteiger partial charge in [0.2, 0.25) is 0 Å². The van der Waals surface area contributed by atoms with E-state index in [9.17, 15) is 9.90 Å². The molecule has 0 aliphatic carbocycles. The zero-order valence-corrected chi connectivity index (χ0v) is 10.0. The zero-order chi connectivity index (χ0) is 10.9. The standard InChI is InChI=1S/C11H13BrO2/c1-11(2,3)9-6-7(12)4-5-8(9)10(13)14/h4-6H,1-3H3,(H,13,14)/p-1. The Hall–Kier alpha value is -0.830. The van der Waals surface area contributed by atoms with Crippen LogP contribution in [0.25, 0.3) is 0 Å². The molecule has 0 bridgehead atoms. The molecule has 0 saturated carbocycles. The molecule has 0 amide bonds. The molecule has 0 saturated heterocycles. The van der Waals surface area contributed by atoms with E-state index >= 15 is 0 Å². The SMILES string of the molecule is CC(C)(C)c1cc(Br)ccc1C(=O)[O-]. The van der Waals surface area contributed by atoms with Crippen LogP contribution < -0.4 is 5.11 Å². The Bertz CT molecular complexity index is 364. The van der Waals surface area contributed by atoms with Crippen molar-refractivity contribution in [3.63, 3.8) is 0 Å². The third-order valence-corrected chi connectivity index (χ3v) is 2.50. The second-order valence-electron chi connectivity index (χ2n) is 4.23. The van der Waals surface area contributed by atoms with Gasteiger partial charge in [-0.3, -0.25) is 0 Å². The van der Waals surface area contributed by atoms with E-state index in [1.165, 1.54) is 0 Å². The first-order valence-corrected chi connectivity index (χ1v) is 5.13. The van der Waals surface area contributed by atoms with E-state index in [0.29, 0.717) is 0 Å². The van der Waals surface area contributed by atoms with Crippen molar-refractivity contribution in [3.05, 3.63) is 33.8 Å². The van der Waals surface area contributed by atoms with Crippen molar-refractivity contribution in [1.29, 1.82) is 0 Å². The number of carboxylic acid groups (broad SMARTS) is 1. The number of carboxylic acids is 1. The first-order valence-electron chi connectivity index (χ1n) is 4.34. The van der Waals surface area contributed by atoms with Gasteiger partial charge in [0.05, 0.1) is 5.97 Å². The van der Waals surface area contributed by atoms with E-state index in [0.717, 1.165) is 10.0 Å². The summed E-state index contributed by atoms with van der Waals surface area (Å²) in [7, 11) is 0. The highest BCUT2D eigenvalue weighted by Gasteiger charge is 2.18. The Morgan fingerprint density at radius 1 is 1.36 bits per heavy atom. The van der Waals surface area contributed by atoms with Crippen LogP contribution in [-0.4, -0.2) is 5.97 Å². The second-order valence-corrected chi connectivity index (χ2v) is 5.14. The van der Waals surface area contributed by atoms with Crippen LogP contribution >= 0.6 is 15.9 Å². The molecule has 0 aliphatic heterocycles. The molecule has 2 nitrogen and oxygen atoms in total. The van der Waals surface area contributed by atoms with Crippen LogP contribution in [0.4, 0.5) is 0 Å². The monoisotopic (exact) mass is 255 g/mol. The van der Waals surface area contributed by atoms with Crippen molar-refractivity contribution in [2.24, 2.45) is 0 Å². The molecule has 3 heteroatoms. The molecule has 0 atom stereocenters. The van der Waals surface area contributed by atoms with Crippen LogP contribution in [0, 0.1) is 0 Å². The summed E-state index contributed by atoms with van der Waals surface area (Å²) in [4.78, 5) is 10.9. The van der Waals surface area contributed by atoms with Gasteiger partial charge in [-0.1, -0.05) is 42.8 Å². The van der Waals surface area contributed by atoms with E-state index in [2.05, 4.69) is 15.9 Å². The summed E-state index contributed by atoms with van der Waals surface area (Å²) in [6.45, 7) is 5.92. The topological polar surface area (TPSA) is 40.1 Å². The second kappa shape index (κ2) is 3.73. The third-order valence-electron chi connectivity index (χ3n) is 2.01. The quantitative estimate of drug-likeness (QED) is 0.772. The van der Waals surface area contributed by atoms with Gasteiger partial charge in [0.1, 0.15) is 0 Å². The number of rotatable bonds is 1. The molecule has 0 aromatic heterocycles. The lowest BCUT2D eigenvalue weighted by Gasteiger charge is -2.23. The molecule has 1 aromatic rings. The fourth-order valence-corrected chi connectivity index (χ4v) is 1.68. The molecule has 0 fully saturated rings. The Labute approximate surface area is 92.1 Å². The minimum absolute atomic E-state index is 0.195. The molecule has 76 valence electrons. The van der Waals surface area contributed by atoms with Gasteiger partial charge in [-0.15, -0.1) is 0 Å². The summed E-state index contributed by atoms with van der Waals surface area (Å²) in [5.41, 5.74) is 0.853.